The number of nitrogens with zero attached hydrogens (tertiary/aromatic N) is 2. The molecule has 200 valence electrons. The third kappa shape index (κ3) is 6.54. The normalized spacial score (nSPS) is 13.0. The van der Waals surface area contributed by atoms with Crippen LogP contribution in [0.5, 0.6) is 0 Å². The van der Waals surface area contributed by atoms with Crippen LogP contribution in [-0.2, 0) is 37.8 Å². The number of halogens is 2. The molecule has 0 radical (unpaired) electrons. The van der Waals surface area contributed by atoms with Crippen molar-refractivity contribution in [3.8, 4) is 0 Å². The Bertz CT molecular complexity index is 1460. The molecular formula is C29H32F2N4O3. The van der Waals surface area contributed by atoms with Crippen molar-refractivity contribution in [2.75, 3.05) is 6.54 Å². The van der Waals surface area contributed by atoms with Gasteiger partial charge in [0.15, 0.2) is 0 Å². The molecule has 3 aromatic carbocycles. The predicted molar refractivity (Wildman–Crippen MR) is 143 cm³/mol. The van der Waals surface area contributed by atoms with Crippen LogP contribution in [-0.4, -0.2) is 38.8 Å². The summed E-state index contributed by atoms with van der Waals surface area (Å²) in [6.07, 6.45) is -0.156. The number of imidazole rings is 1. The average molecular weight is 523 g/mol. The van der Waals surface area contributed by atoms with Gasteiger partial charge in [-0.2, -0.15) is 0 Å². The highest BCUT2D eigenvalue weighted by atomic mass is 19.1. The quantitative estimate of drug-likeness (QED) is 0.283. The van der Waals surface area contributed by atoms with Crippen LogP contribution in [0.4, 0.5) is 8.78 Å². The zero-order valence-electron chi connectivity index (χ0n) is 21.5. The molecule has 2 atom stereocenters. The molecule has 0 fully saturated rings. The summed E-state index contributed by atoms with van der Waals surface area (Å²) >= 11 is 0. The van der Waals surface area contributed by atoms with E-state index in [0.29, 0.717) is 23.1 Å². The summed E-state index contributed by atoms with van der Waals surface area (Å²) in [5, 5.41) is 17.0. The number of benzene rings is 3. The average Bonchev–Trinajstić information content (AvgIpc) is 3.12. The lowest BCUT2D eigenvalue weighted by Crippen LogP contribution is -2.50. The third-order valence-electron chi connectivity index (χ3n) is 6.62. The van der Waals surface area contributed by atoms with Crippen LogP contribution in [0.25, 0.3) is 11.0 Å². The number of para-hydroxylation sites is 2. The van der Waals surface area contributed by atoms with Gasteiger partial charge in [-0.1, -0.05) is 43.3 Å². The summed E-state index contributed by atoms with van der Waals surface area (Å²) in [4.78, 5) is 25.8. The number of carbonyl (C=O) groups excluding carboxylic acids is 1. The van der Waals surface area contributed by atoms with E-state index >= 15 is 0 Å². The molecule has 0 aliphatic heterocycles. The molecular weight excluding hydrogens is 490 g/mol. The Balaban J connectivity index is 1.49. The van der Waals surface area contributed by atoms with E-state index in [2.05, 4.69) is 23.6 Å². The van der Waals surface area contributed by atoms with Crippen LogP contribution >= 0.6 is 0 Å². The maximum Gasteiger partial charge on any atom is 0.329 e. The molecule has 4 rings (SSSR count). The first-order valence-electron chi connectivity index (χ1n) is 12.6. The minimum Gasteiger partial charge on any atom is -0.390 e. The molecule has 9 heteroatoms. The number of aliphatic hydroxyl groups excluding tert-OH is 1. The van der Waals surface area contributed by atoms with Gasteiger partial charge in [0, 0.05) is 26.2 Å². The zero-order chi connectivity index (χ0) is 27.2. The molecule has 0 bridgehead atoms. The van der Waals surface area contributed by atoms with Crippen molar-refractivity contribution in [3.63, 3.8) is 0 Å². The van der Waals surface area contributed by atoms with Gasteiger partial charge >= 0.3 is 5.69 Å². The summed E-state index contributed by atoms with van der Waals surface area (Å²) in [6.45, 7) is 2.45. The highest BCUT2D eigenvalue weighted by Gasteiger charge is 2.23. The second-order valence-corrected chi connectivity index (χ2v) is 9.44. The third-order valence-corrected chi connectivity index (χ3v) is 6.62. The largest absolute Gasteiger partial charge is 0.390 e. The van der Waals surface area contributed by atoms with Crippen molar-refractivity contribution >= 4 is 16.9 Å². The summed E-state index contributed by atoms with van der Waals surface area (Å²) < 4.78 is 30.5. The first-order chi connectivity index (χ1) is 18.2. The van der Waals surface area contributed by atoms with Gasteiger partial charge in [0.25, 0.3) is 0 Å². The smallest absolute Gasteiger partial charge is 0.329 e. The van der Waals surface area contributed by atoms with Crippen molar-refractivity contribution in [2.45, 2.75) is 45.0 Å². The Morgan fingerprint density at radius 3 is 2.34 bits per heavy atom. The van der Waals surface area contributed by atoms with E-state index in [1.54, 1.807) is 25.2 Å². The van der Waals surface area contributed by atoms with Gasteiger partial charge in [0.1, 0.15) is 18.2 Å². The molecule has 0 unspecified atom stereocenters. The van der Waals surface area contributed by atoms with Crippen molar-refractivity contribution < 1.29 is 18.7 Å². The molecule has 0 spiro atoms. The number of hydrogen-bond acceptors (Lipinski definition) is 4. The number of rotatable bonds is 11. The topological polar surface area (TPSA) is 88.3 Å². The first-order valence-corrected chi connectivity index (χ1v) is 12.6. The van der Waals surface area contributed by atoms with Crippen molar-refractivity contribution in [1.82, 2.24) is 19.8 Å². The molecule has 38 heavy (non-hydrogen) atoms. The summed E-state index contributed by atoms with van der Waals surface area (Å²) in [6, 6.07) is 17.5. The molecule has 1 aromatic heterocycles. The van der Waals surface area contributed by atoms with E-state index in [1.165, 1.54) is 26.8 Å². The predicted octanol–water partition coefficient (Wildman–Crippen LogP) is 3.06. The lowest BCUT2D eigenvalue weighted by Gasteiger charge is -2.25. The molecule has 7 nitrogen and oxygen atoms in total. The fraction of sp³-hybridized carbons (Fsp3) is 0.310. The first kappa shape index (κ1) is 27.2. The molecule has 4 aromatic rings. The highest BCUT2D eigenvalue weighted by molar-refractivity contribution is 5.81. The fourth-order valence-electron chi connectivity index (χ4n) is 4.64. The van der Waals surface area contributed by atoms with E-state index in [4.69, 9.17) is 0 Å². The van der Waals surface area contributed by atoms with E-state index in [1.807, 2.05) is 24.3 Å². The van der Waals surface area contributed by atoms with E-state index in [0.717, 1.165) is 18.1 Å². The van der Waals surface area contributed by atoms with E-state index in [-0.39, 0.29) is 25.2 Å². The molecule has 3 N–H and O–H groups in total. The maximum atomic E-state index is 13.8. The summed E-state index contributed by atoms with van der Waals surface area (Å²) in [5.74, 6) is -1.98. The number of fused-ring (bicyclic) bond motifs is 1. The molecule has 0 saturated carbocycles. The minimum atomic E-state index is -1.07. The second-order valence-electron chi connectivity index (χ2n) is 9.44. The second kappa shape index (κ2) is 12.1. The standard InChI is InChI=1S/C29H32F2N4O3/c1-3-19-7-6-8-20(11-19)16-32-17-27(36)24(14-21-12-22(30)15-23(31)13-21)33-28(37)18-35-26-10-5-4-9-25(26)34(2)29(35)38/h4-13,15,24,27,32,36H,3,14,16-18H2,1-2H3,(H,33,37)/t24-,27+/m1/s1. The SMILES string of the molecule is CCc1cccc(CNC[C@H](O)[C@@H](Cc2cc(F)cc(F)c2)NC(=O)Cn2c(=O)n(C)c3ccccc32)c1. The lowest BCUT2D eigenvalue weighted by atomic mass is 10.0. The number of hydrogen-bond donors (Lipinski definition) is 3. The number of carbonyl (C=O) groups is 1. The number of amides is 1. The minimum absolute atomic E-state index is 0.000970. The van der Waals surface area contributed by atoms with Crippen LogP contribution in [0.1, 0.15) is 23.6 Å². The molecule has 1 heterocycles. The Morgan fingerprint density at radius 2 is 1.63 bits per heavy atom. The van der Waals surface area contributed by atoms with Gasteiger partial charge in [-0.05, 0) is 53.8 Å². The Morgan fingerprint density at radius 1 is 0.947 bits per heavy atom. The van der Waals surface area contributed by atoms with E-state index in [9.17, 15) is 23.5 Å². The van der Waals surface area contributed by atoms with Crippen molar-refractivity contribution in [3.05, 3.63) is 106 Å². The monoisotopic (exact) mass is 522 g/mol. The van der Waals surface area contributed by atoms with Crippen LogP contribution in [0.2, 0.25) is 0 Å². The Kier molecular flexibility index (Phi) is 8.70. The van der Waals surface area contributed by atoms with Crippen molar-refractivity contribution in [1.29, 1.82) is 0 Å². The van der Waals surface area contributed by atoms with E-state index < -0.39 is 29.7 Å². The van der Waals surface area contributed by atoms with Crippen molar-refractivity contribution in [2.24, 2.45) is 7.05 Å². The summed E-state index contributed by atoms with van der Waals surface area (Å²) in [7, 11) is 1.63. The number of aryl methyl sites for hydroxylation is 2. The fourth-order valence-corrected chi connectivity index (χ4v) is 4.64. The Labute approximate surface area is 219 Å². The van der Waals surface area contributed by atoms with Gasteiger partial charge in [-0.3, -0.25) is 13.9 Å². The van der Waals surface area contributed by atoms with Gasteiger partial charge in [-0.25, -0.2) is 13.6 Å². The van der Waals surface area contributed by atoms with Gasteiger partial charge in [0.2, 0.25) is 5.91 Å². The lowest BCUT2D eigenvalue weighted by molar-refractivity contribution is -0.123. The maximum absolute atomic E-state index is 13.8. The van der Waals surface area contributed by atoms with Crippen LogP contribution in [0, 0.1) is 11.6 Å². The number of aliphatic hydroxyl groups is 1. The number of aromatic nitrogens is 2. The van der Waals surface area contributed by atoms with Crippen LogP contribution in [0.3, 0.4) is 0 Å². The molecule has 0 saturated heterocycles. The van der Waals surface area contributed by atoms with Crippen LogP contribution in [0.15, 0.2) is 71.5 Å². The van der Waals surface area contributed by atoms with Gasteiger partial charge in [0.05, 0.1) is 23.2 Å². The molecule has 1 amide bonds. The Hall–Kier alpha value is -3.82. The van der Waals surface area contributed by atoms with Gasteiger partial charge < -0.3 is 15.7 Å². The number of nitrogens with one attached hydrogen (secondary N) is 2. The van der Waals surface area contributed by atoms with Gasteiger partial charge in [-0.15, -0.1) is 0 Å². The highest BCUT2D eigenvalue weighted by Crippen LogP contribution is 2.14. The van der Waals surface area contributed by atoms with Crippen LogP contribution < -0.4 is 16.3 Å². The summed E-state index contributed by atoms with van der Waals surface area (Å²) in [5.41, 5.74) is 3.50. The molecule has 0 aliphatic carbocycles. The molecule has 0 aliphatic rings. The zero-order valence-corrected chi connectivity index (χ0v) is 21.5.